The van der Waals surface area contributed by atoms with Gasteiger partial charge < -0.3 is 5.32 Å². The first-order valence-electron chi connectivity index (χ1n) is 6.15. The predicted molar refractivity (Wildman–Crippen MR) is 67.1 cm³/mol. The Bertz CT molecular complexity index is 543. The fraction of sp³-hybridized carbons (Fsp3) is 0.500. The second-order valence-electron chi connectivity index (χ2n) is 4.62. The van der Waals surface area contributed by atoms with Crippen LogP contribution in [0.3, 0.4) is 0 Å². The maximum Gasteiger partial charge on any atom is 0.243 e. The zero-order valence-corrected chi connectivity index (χ0v) is 11.1. The lowest BCUT2D eigenvalue weighted by molar-refractivity contribution is 0.375. The van der Waals surface area contributed by atoms with E-state index in [-0.39, 0.29) is 12.5 Å². The summed E-state index contributed by atoms with van der Waals surface area (Å²) in [5, 5.41) is 3.16. The number of nitrogens with one attached hydrogen (secondary N) is 2. The second kappa shape index (κ2) is 5.94. The minimum absolute atomic E-state index is 0.181. The predicted octanol–water partition coefficient (Wildman–Crippen LogP) is 1.24. The minimum Gasteiger partial charge on any atom is -0.316 e. The van der Waals surface area contributed by atoms with Gasteiger partial charge in [0, 0.05) is 6.54 Å². The Labute approximate surface area is 111 Å². The monoisotopic (exact) mass is 290 g/mol. The molecule has 2 rings (SSSR count). The second-order valence-corrected chi connectivity index (χ2v) is 6.35. The van der Waals surface area contributed by atoms with E-state index in [1.165, 1.54) is 6.07 Å². The lowest BCUT2D eigenvalue weighted by Crippen LogP contribution is -2.38. The van der Waals surface area contributed by atoms with E-state index in [4.69, 9.17) is 0 Å². The van der Waals surface area contributed by atoms with E-state index < -0.39 is 26.6 Å². The molecule has 1 fully saturated rings. The first-order valence-corrected chi connectivity index (χ1v) is 7.63. The van der Waals surface area contributed by atoms with Gasteiger partial charge in [0.2, 0.25) is 10.0 Å². The topological polar surface area (TPSA) is 58.2 Å². The van der Waals surface area contributed by atoms with E-state index in [0.29, 0.717) is 0 Å². The molecule has 1 saturated heterocycles. The molecule has 1 heterocycles. The zero-order valence-electron chi connectivity index (χ0n) is 10.3. The maximum absolute atomic E-state index is 13.5. The van der Waals surface area contributed by atoms with Crippen LogP contribution in [0.1, 0.15) is 12.8 Å². The highest BCUT2D eigenvalue weighted by atomic mass is 32.2. The summed E-state index contributed by atoms with van der Waals surface area (Å²) < 4.78 is 52.6. The number of hydrogen-bond acceptors (Lipinski definition) is 3. The van der Waals surface area contributed by atoms with Gasteiger partial charge in [-0.3, -0.25) is 0 Å². The Hall–Kier alpha value is -1.05. The van der Waals surface area contributed by atoms with Crippen LogP contribution in [-0.2, 0) is 10.0 Å². The van der Waals surface area contributed by atoms with Gasteiger partial charge in [-0.25, -0.2) is 21.9 Å². The van der Waals surface area contributed by atoms with Gasteiger partial charge in [-0.1, -0.05) is 6.07 Å². The molecule has 0 saturated carbocycles. The highest BCUT2D eigenvalue weighted by molar-refractivity contribution is 7.89. The molecule has 2 N–H and O–H groups in total. The summed E-state index contributed by atoms with van der Waals surface area (Å²) in [5.74, 6) is -2.32. The summed E-state index contributed by atoms with van der Waals surface area (Å²) in [4.78, 5) is -0.642. The number of hydrogen-bond donors (Lipinski definition) is 2. The molecule has 0 aromatic heterocycles. The summed E-state index contributed by atoms with van der Waals surface area (Å²) in [7, 11) is -4.01. The Morgan fingerprint density at radius 2 is 2.16 bits per heavy atom. The zero-order chi connectivity index (χ0) is 13.9. The third-order valence-corrected chi connectivity index (χ3v) is 4.61. The van der Waals surface area contributed by atoms with Gasteiger partial charge in [-0.2, -0.15) is 0 Å². The highest BCUT2D eigenvalue weighted by Crippen LogP contribution is 2.17. The van der Waals surface area contributed by atoms with Crippen LogP contribution in [0.5, 0.6) is 0 Å². The van der Waals surface area contributed by atoms with Gasteiger partial charge >= 0.3 is 0 Å². The average molecular weight is 290 g/mol. The molecule has 7 heteroatoms. The smallest absolute Gasteiger partial charge is 0.243 e. The summed E-state index contributed by atoms with van der Waals surface area (Å²) >= 11 is 0. The number of piperidine rings is 1. The summed E-state index contributed by atoms with van der Waals surface area (Å²) in [5.41, 5.74) is 0. The maximum atomic E-state index is 13.5. The lowest BCUT2D eigenvalue weighted by Gasteiger charge is -2.22. The Balaban J connectivity index is 2.07. The molecule has 0 unspecified atom stereocenters. The Morgan fingerprint density at radius 1 is 1.37 bits per heavy atom. The quantitative estimate of drug-likeness (QED) is 0.877. The van der Waals surface area contributed by atoms with Crippen molar-refractivity contribution in [2.75, 3.05) is 19.6 Å². The first-order chi connectivity index (χ1) is 9.00. The third kappa shape index (κ3) is 3.49. The van der Waals surface area contributed by atoms with Crippen LogP contribution in [0.4, 0.5) is 8.78 Å². The van der Waals surface area contributed by atoms with Crippen molar-refractivity contribution in [3.8, 4) is 0 Å². The van der Waals surface area contributed by atoms with Crippen LogP contribution in [0.15, 0.2) is 23.1 Å². The fourth-order valence-corrected chi connectivity index (χ4v) is 3.30. The largest absolute Gasteiger partial charge is 0.316 e. The van der Waals surface area contributed by atoms with E-state index in [2.05, 4.69) is 10.0 Å². The summed E-state index contributed by atoms with van der Waals surface area (Å²) in [6.45, 7) is 1.89. The fourth-order valence-electron chi connectivity index (χ4n) is 2.10. The van der Waals surface area contributed by atoms with Crippen molar-refractivity contribution in [3.63, 3.8) is 0 Å². The number of benzene rings is 1. The van der Waals surface area contributed by atoms with Crippen LogP contribution < -0.4 is 10.0 Å². The molecule has 1 atom stereocenters. The van der Waals surface area contributed by atoms with Crippen LogP contribution in [-0.4, -0.2) is 28.1 Å². The number of halogens is 2. The standard InChI is InChI=1S/C12H16F2N2O2S/c13-10-4-1-5-11(12(10)14)19(17,18)16-8-9-3-2-6-15-7-9/h1,4-5,9,15-16H,2-3,6-8H2/t9-/m0/s1. The molecule has 4 nitrogen and oxygen atoms in total. The van der Waals surface area contributed by atoms with Crippen molar-refractivity contribution in [1.29, 1.82) is 0 Å². The molecule has 0 radical (unpaired) electrons. The first kappa shape index (κ1) is 14.4. The van der Waals surface area contributed by atoms with E-state index in [9.17, 15) is 17.2 Å². The van der Waals surface area contributed by atoms with Crippen molar-refractivity contribution < 1.29 is 17.2 Å². The van der Waals surface area contributed by atoms with Gasteiger partial charge in [-0.05, 0) is 44.0 Å². The van der Waals surface area contributed by atoms with Crippen LogP contribution in [0.2, 0.25) is 0 Å². The van der Waals surface area contributed by atoms with Crippen LogP contribution in [0.25, 0.3) is 0 Å². The molecule has 0 spiro atoms. The third-order valence-electron chi connectivity index (χ3n) is 3.17. The molecule has 0 aliphatic carbocycles. The van der Waals surface area contributed by atoms with Crippen molar-refractivity contribution >= 4 is 10.0 Å². The van der Waals surface area contributed by atoms with Crippen LogP contribution in [0, 0.1) is 17.6 Å². The van der Waals surface area contributed by atoms with Gasteiger partial charge in [0.15, 0.2) is 11.6 Å². The van der Waals surface area contributed by atoms with Crippen LogP contribution >= 0.6 is 0 Å². The Morgan fingerprint density at radius 3 is 2.84 bits per heavy atom. The summed E-state index contributed by atoms with van der Waals surface area (Å²) in [6.07, 6.45) is 1.90. The molecule has 1 aromatic carbocycles. The molecule has 106 valence electrons. The minimum atomic E-state index is -4.01. The molecular weight excluding hydrogens is 274 g/mol. The van der Waals surface area contributed by atoms with E-state index in [0.717, 1.165) is 38.1 Å². The number of rotatable bonds is 4. The van der Waals surface area contributed by atoms with E-state index >= 15 is 0 Å². The molecule has 1 aliphatic heterocycles. The lowest BCUT2D eigenvalue weighted by atomic mass is 10.0. The average Bonchev–Trinajstić information content (AvgIpc) is 2.41. The number of sulfonamides is 1. The van der Waals surface area contributed by atoms with Gasteiger partial charge in [0.1, 0.15) is 4.90 Å². The molecular formula is C12H16F2N2O2S. The van der Waals surface area contributed by atoms with E-state index in [1.54, 1.807) is 0 Å². The van der Waals surface area contributed by atoms with Gasteiger partial charge in [0.05, 0.1) is 0 Å². The normalized spacial score (nSPS) is 20.4. The Kier molecular flexibility index (Phi) is 4.49. The SMILES string of the molecule is O=S(=O)(NC[C@H]1CCCNC1)c1cccc(F)c1F. The molecule has 0 bridgehead atoms. The highest BCUT2D eigenvalue weighted by Gasteiger charge is 2.23. The molecule has 0 amide bonds. The molecule has 19 heavy (non-hydrogen) atoms. The van der Waals surface area contributed by atoms with Gasteiger partial charge in [0.25, 0.3) is 0 Å². The molecule has 1 aromatic rings. The molecule has 1 aliphatic rings. The van der Waals surface area contributed by atoms with Crippen molar-refractivity contribution in [2.24, 2.45) is 5.92 Å². The van der Waals surface area contributed by atoms with Gasteiger partial charge in [-0.15, -0.1) is 0 Å². The van der Waals surface area contributed by atoms with Crippen molar-refractivity contribution in [2.45, 2.75) is 17.7 Å². The van der Waals surface area contributed by atoms with E-state index in [1.807, 2.05) is 0 Å². The summed E-state index contributed by atoms with van der Waals surface area (Å²) in [6, 6.07) is 3.12. The van der Waals surface area contributed by atoms with Crippen molar-refractivity contribution in [1.82, 2.24) is 10.0 Å². The van der Waals surface area contributed by atoms with Crippen molar-refractivity contribution in [3.05, 3.63) is 29.8 Å².